The first-order valence-electron chi connectivity index (χ1n) is 17.5. The summed E-state index contributed by atoms with van der Waals surface area (Å²) < 4.78 is 31.5. The molecule has 1 aliphatic rings. The molecule has 2 N–H and O–H groups in total. The molecule has 3 unspecified atom stereocenters. The Morgan fingerprint density at radius 1 is 0.673 bits per heavy atom. The van der Waals surface area contributed by atoms with Crippen LogP contribution >= 0.6 is 0 Å². The van der Waals surface area contributed by atoms with Gasteiger partial charge in [-0.05, 0) is 55.2 Å². The molecule has 1 aliphatic carbocycles. The van der Waals surface area contributed by atoms with Crippen LogP contribution in [0.25, 0.3) is 0 Å². The van der Waals surface area contributed by atoms with Gasteiger partial charge in [-0.25, -0.2) is 4.79 Å². The third kappa shape index (κ3) is 10.6. The highest BCUT2D eigenvalue weighted by molar-refractivity contribution is 5.69. The van der Waals surface area contributed by atoms with Gasteiger partial charge in [-0.1, -0.05) is 103 Å². The molecule has 0 aromatic heterocycles. The highest BCUT2D eigenvalue weighted by Crippen LogP contribution is 2.42. The summed E-state index contributed by atoms with van der Waals surface area (Å²) in [7, 11) is 1.58. The van der Waals surface area contributed by atoms with Crippen molar-refractivity contribution in [2.75, 3.05) is 7.11 Å². The Kier molecular flexibility index (Phi) is 13.4. The molecule has 4 aromatic carbocycles. The van der Waals surface area contributed by atoms with Gasteiger partial charge in [-0.2, -0.15) is 0 Å². The van der Waals surface area contributed by atoms with Crippen molar-refractivity contribution in [2.45, 2.75) is 89.6 Å². The summed E-state index contributed by atoms with van der Waals surface area (Å²) in [5.41, 5.74) is 2.56. The summed E-state index contributed by atoms with van der Waals surface area (Å²) in [5.74, 6) is -1.51. The fourth-order valence-electron chi connectivity index (χ4n) is 6.59. The second-order valence-corrected chi connectivity index (χ2v) is 14.0. The van der Waals surface area contributed by atoms with E-state index in [4.69, 9.17) is 23.7 Å². The number of carboxylic acid groups (broad SMARTS) is 1. The van der Waals surface area contributed by atoms with Gasteiger partial charge >= 0.3 is 12.1 Å². The monoisotopic (exact) mass is 711 g/mol. The largest absolute Gasteiger partial charge is 0.497 e. The molecular formula is C42H49NO9. The Morgan fingerprint density at radius 2 is 1.13 bits per heavy atom. The number of carbonyl (C=O) groups excluding carboxylic acids is 1. The van der Waals surface area contributed by atoms with Crippen LogP contribution in [-0.4, -0.2) is 70.3 Å². The molecule has 0 spiro atoms. The second kappa shape index (κ2) is 18.1. The molecule has 6 atom stereocenters. The zero-order valence-electron chi connectivity index (χ0n) is 30.2. The number of nitrogens with zero attached hydrogens (tertiary/aromatic N) is 1. The smallest absolute Gasteiger partial charge is 0.410 e. The Labute approximate surface area is 305 Å². The van der Waals surface area contributed by atoms with Crippen molar-refractivity contribution in [1.82, 2.24) is 4.90 Å². The maximum absolute atomic E-state index is 14.4. The Morgan fingerprint density at radius 3 is 1.58 bits per heavy atom. The van der Waals surface area contributed by atoms with Gasteiger partial charge in [-0.3, -0.25) is 9.69 Å². The predicted octanol–water partition coefficient (Wildman–Crippen LogP) is 7.02. The van der Waals surface area contributed by atoms with Crippen LogP contribution in [0.15, 0.2) is 115 Å². The van der Waals surface area contributed by atoms with Crippen LogP contribution in [0, 0.1) is 5.92 Å². The van der Waals surface area contributed by atoms with Gasteiger partial charge in [0.1, 0.15) is 23.6 Å². The summed E-state index contributed by atoms with van der Waals surface area (Å²) in [5, 5.41) is 21.9. The van der Waals surface area contributed by atoms with Gasteiger partial charge in [0, 0.05) is 12.5 Å². The number of hydrogen-bond donors (Lipinski definition) is 2. The molecule has 4 aromatic rings. The van der Waals surface area contributed by atoms with Gasteiger partial charge in [-0.15, -0.1) is 0 Å². The molecule has 10 heteroatoms. The van der Waals surface area contributed by atoms with Crippen molar-refractivity contribution in [3.8, 4) is 5.75 Å². The van der Waals surface area contributed by atoms with E-state index in [1.807, 2.05) is 103 Å². The van der Waals surface area contributed by atoms with Crippen LogP contribution < -0.4 is 4.74 Å². The number of hydrogen-bond acceptors (Lipinski definition) is 8. The number of aliphatic hydroxyl groups is 1. The Balaban J connectivity index is 1.64. The van der Waals surface area contributed by atoms with Crippen LogP contribution in [0.3, 0.4) is 0 Å². The summed E-state index contributed by atoms with van der Waals surface area (Å²) in [6.45, 7) is 5.89. The fraction of sp³-hybridized carbons (Fsp3) is 0.381. The second-order valence-electron chi connectivity index (χ2n) is 14.0. The standard InChI is InChI=1S/C42H49NO9/c1-42(2,3)52-41(47)43(25-29-20-22-33(48-4)23-21-29)37-36(34(44)24-35(45)46)38(49-26-30-14-8-5-9-15-30)40(51-28-32-18-12-7-13-19-32)39(37)50-27-31-16-10-6-11-17-31/h5-23,34,36-40,44H,24-28H2,1-4H3,(H,45,46)/t34?,36-,37-,38?,39+,40?/m0/s1. The molecule has 0 aliphatic heterocycles. The minimum Gasteiger partial charge on any atom is -0.497 e. The third-order valence-electron chi connectivity index (χ3n) is 8.94. The molecular weight excluding hydrogens is 662 g/mol. The molecule has 1 amide bonds. The van der Waals surface area contributed by atoms with Crippen molar-refractivity contribution in [3.63, 3.8) is 0 Å². The lowest BCUT2D eigenvalue weighted by molar-refractivity contribution is -0.144. The SMILES string of the molecule is COc1ccc(CN(C(=O)OC(C)(C)C)[C@H]2[C@H](C(O)CC(=O)O)C(OCc3ccccc3)C(OCc3ccccc3)[C@@H]2OCc2ccccc2)cc1. The third-order valence-corrected chi connectivity index (χ3v) is 8.94. The molecule has 10 nitrogen and oxygen atoms in total. The van der Waals surface area contributed by atoms with Crippen molar-refractivity contribution in [3.05, 3.63) is 138 Å². The van der Waals surface area contributed by atoms with E-state index in [9.17, 15) is 19.8 Å². The van der Waals surface area contributed by atoms with Crippen LogP contribution in [0.4, 0.5) is 4.79 Å². The normalized spacial score (nSPS) is 20.6. The average molecular weight is 712 g/mol. The van der Waals surface area contributed by atoms with Crippen LogP contribution in [0.1, 0.15) is 49.4 Å². The van der Waals surface area contributed by atoms with E-state index in [1.54, 1.807) is 40.0 Å². The lowest BCUT2D eigenvalue weighted by atomic mass is 9.90. The minimum atomic E-state index is -1.45. The van der Waals surface area contributed by atoms with Crippen molar-refractivity contribution in [1.29, 1.82) is 0 Å². The summed E-state index contributed by atoms with van der Waals surface area (Å²) in [6.07, 6.45) is -5.31. The number of aliphatic carboxylic acids is 1. The van der Waals surface area contributed by atoms with Crippen molar-refractivity contribution in [2.24, 2.45) is 5.92 Å². The Bertz CT molecular complexity index is 1680. The highest BCUT2D eigenvalue weighted by Gasteiger charge is 2.59. The number of rotatable bonds is 16. The molecule has 0 bridgehead atoms. The van der Waals surface area contributed by atoms with Gasteiger partial charge < -0.3 is 33.9 Å². The molecule has 0 radical (unpaired) electrons. The van der Waals surface area contributed by atoms with E-state index in [0.29, 0.717) is 5.75 Å². The van der Waals surface area contributed by atoms with E-state index in [1.165, 1.54) is 4.90 Å². The Hall–Kier alpha value is -4.74. The maximum Gasteiger partial charge on any atom is 0.410 e. The van der Waals surface area contributed by atoms with Crippen molar-refractivity contribution >= 4 is 12.1 Å². The van der Waals surface area contributed by atoms with E-state index in [2.05, 4.69) is 0 Å². The van der Waals surface area contributed by atoms with E-state index >= 15 is 0 Å². The number of amides is 1. The number of benzene rings is 4. The zero-order chi connectivity index (χ0) is 37.1. The van der Waals surface area contributed by atoms with E-state index in [-0.39, 0.29) is 26.4 Å². The predicted molar refractivity (Wildman–Crippen MR) is 195 cm³/mol. The number of methoxy groups -OCH3 is 1. The molecule has 5 rings (SSSR count). The lowest BCUT2D eigenvalue weighted by Crippen LogP contribution is -2.53. The van der Waals surface area contributed by atoms with Crippen molar-refractivity contribution < 1.29 is 43.5 Å². The van der Waals surface area contributed by atoms with Gasteiger partial charge in [0.05, 0.1) is 51.6 Å². The summed E-state index contributed by atoms with van der Waals surface area (Å²) in [6, 6.07) is 35.2. The fourth-order valence-corrected chi connectivity index (χ4v) is 6.59. The first kappa shape index (κ1) is 38.5. The molecule has 1 saturated carbocycles. The molecule has 1 fully saturated rings. The first-order valence-corrected chi connectivity index (χ1v) is 17.5. The molecule has 0 heterocycles. The quantitative estimate of drug-likeness (QED) is 0.126. The molecule has 0 saturated heterocycles. The van der Waals surface area contributed by atoms with E-state index in [0.717, 1.165) is 22.3 Å². The number of ether oxygens (including phenoxy) is 5. The summed E-state index contributed by atoms with van der Waals surface area (Å²) in [4.78, 5) is 28.1. The number of aliphatic hydroxyl groups excluding tert-OH is 1. The van der Waals surface area contributed by atoms with Crippen LogP contribution in [-0.2, 0) is 50.1 Å². The van der Waals surface area contributed by atoms with Crippen LogP contribution in [0.5, 0.6) is 5.75 Å². The summed E-state index contributed by atoms with van der Waals surface area (Å²) >= 11 is 0. The zero-order valence-corrected chi connectivity index (χ0v) is 30.2. The average Bonchev–Trinajstić information content (AvgIpc) is 3.44. The number of carbonyl (C=O) groups is 2. The van der Waals surface area contributed by atoms with Gasteiger partial charge in [0.15, 0.2) is 0 Å². The molecule has 52 heavy (non-hydrogen) atoms. The highest BCUT2D eigenvalue weighted by atomic mass is 16.6. The van der Waals surface area contributed by atoms with Gasteiger partial charge in [0.25, 0.3) is 0 Å². The first-order chi connectivity index (χ1) is 25.0. The topological polar surface area (TPSA) is 124 Å². The number of carboxylic acids is 1. The minimum absolute atomic E-state index is 0.0574. The van der Waals surface area contributed by atoms with Gasteiger partial charge in [0.2, 0.25) is 0 Å². The lowest BCUT2D eigenvalue weighted by Gasteiger charge is -2.39. The molecule has 276 valence electrons. The van der Waals surface area contributed by atoms with E-state index < -0.39 is 60.5 Å². The van der Waals surface area contributed by atoms with Crippen LogP contribution in [0.2, 0.25) is 0 Å². The maximum atomic E-state index is 14.4.